The number of carbonyl (C=O) groups excluding carboxylic acids is 1. The summed E-state index contributed by atoms with van der Waals surface area (Å²) in [6, 6.07) is 1.78. The second-order valence-electron chi connectivity index (χ2n) is 5.91. The third kappa shape index (κ3) is 9.14. The number of nitrogens with one attached hydrogen (secondary N) is 3. The van der Waals surface area contributed by atoms with Gasteiger partial charge in [0.1, 0.15) is 0 Å². The number of hydrogen-bond acceptors (Lipinski definition) is 3. The minimum absolute atomic E-state index is 0. The van der Waals surface area contributed by atoms with Crippen molar-refractivity contribution in [3.05, 3.63) is 23.7 Å². The third-order valence-corrected chi connectivity index (χ3v) is 3.32. The predicted molar refractivity (Wildman–Crippen MR) is 109 cm³/mol. The van der Waals surface area contributed by atoms with Crippen LogP contribution >= 0.6 is 24.0 Å². The maximum Gasteiger partial charge on any atom is 0.287 e. The minimum atomic E-state index is -0.168. The van der Waals surface area contributed by atoms with E-state index in [-0.39, 0.29) is 29.9 Å². The van der Waals surface area contributed by atoms with Gasteiger partial charge in [-0.1, -0.05) is 13.8 Å². The molecule has 0 aliphatic carbocycles. The Morgan fingerprint density at radius 1 is 1.25 bits per heavy atom. The van der Waals surface area contributed by atoms with Gasteiger partial charge in [-0.05, 0) is 38.7 Å². The van der Waals surface area contributed by atoms with Crippen LogP contribution in [0.1, 0.15) is 49.7 Å². The fourth-order valence-corrected chi connectivity index (χ4v) is 1.98. The molecule has 24 heavy (non-hydrogen) atoms. The molecule has 0 saturated heterocycles. The van der Waals surface area contributed by atoms with Crippen molar-refractivity contribution in [2.45, 2.75) is 40.5 Å². The van der Waals surface area contributed by atoms with Crippen molar-refractivity contribution in [3.8, 4) is 0 Å². The van der Waals surface area contributed by atoms with E-state index in [2.05, 4.69) is 34.8 Å². The molecule has 0 saturated carbocycles. The van der Waals surface area contributed by atoms with E-state index < -0.39 is 0 Å². The van der Waals surface area contributed by atoms with Crippen LogP contribution < -0.4 is 16.0 Å². The quantitative estimate of drug-likeness (QED) is 0.234. The molecule has 0 bridgehead atoms. The standard InChI is InChI=1S/C17H30N4O2.HI/c1-5-18-17(21-11-7-13(2)3)20-10-6-9-19-16(22)15-14(4)8-12-23-15;/h8,12-13H,5-7,9-11H2,1-4H3,(H,19,22)(H2,18,20,21);1H. The predicted octanol–water partition coefficient (Wildman–Crippen LogP) is 2.93. The summed E-state index contributed by atoms with van der Waals surface area (Å²) in [5, 5.41) is 9.39. The Kier molecular flexibility index (Phi) is 12.4. The zero-order valence-electron chi connectivity index (χ0n) is 15.1. The van der Waals surface area contributed by atoms with E-state index in [4.69, 9.17) is 4.42 Å². The number of carbonyl (C=O) groups is 1. The Morgan fingerprint density at radius 2 is 2.00 bits per heavy atom. The zero-order chi connectivity index (χ0) is 17.1. The first-order valence-corrected chi connectivity index (χ1v) is 8.39. The molecule has 0 radical (unpaired) electrons. The molecule has 0 unspecified atom stereocenters. The Balaban J connectivity index is 0.00000529. The van der Waals surface area contributed by atoms with Gasteiger partial charge in [0.25, 0.3) is 5.91 Å². The summed E-state index contributed by atoms with van der Waals surface area (Å²) < 4.78 is 5.16. The van der Waals surface area contributed by atoms with E-state index >= 15 is 0 Å². The van der Waals surface area contributed by atoms with Crippen molar-refractivity contribution in [2.24, 2.45) is 10.9 Å². The lowest BCUT2D eigenvalue weighted by atomic mass is 10.1. The summed E-state index contributed by atoms with van der Waals surface area (Å²) in [6.45, 7) is 11.3. The molecule has 1 rings (SSSR count). The summed E-state index contributed by atoms with van der Waals surface area (Å²) in [6.07, 6.45) is 3.43. The highest BCUT2D eigenvalue weighted by molar-refractivity contribution is 14.0. The van der Waals surface area contributed by atoms with Crippen molar-refractivity contribution in [3.63, 3.8) is 0 Å². The Hall–Kier alpha value is -1.25. The molecule has 0 fully saturated rings. The first kappa shape index (κ1) is 22.8. The number of nitrogens with zero attached hydrogens (tertiary/aromatic N) is 1. The van der Waals surface area contributed by atoms with Gasteiger partial charge < -0.3 is 20.4 Å². The van der Waals surface area contributed by atoms with E-state index in [0.717, 1.165) is 37.5 Å². The van der Waals surface area contributed by atoms with E-state index in [0.29, 0.717) is 24.8 Å². The van der Waals surface area contributed by atoms with E-state index in [9.17, 15) is 4.79 Å². The lowest BCUT2D eigenvalue weighted by Gasteiger charge is -2.12. The lowest BCUT2D eigenvalue weighted by molar-refractivity contribution is 0.0925. The number of rotatable bonds is 9. The van der Waals surface area contributed by atoms with Crippen LogP contribution in [0.15, 0.2) is 21.7 Å². The molecule has 6 nitrogen and oxygen atoms in total. The Morgan fingerprint density at radius 3 is 2.58 bits per heavy atom. The Labute approximate surface area is 162 Å². The molecule has 3 N–H and O–H groups in total. The van der Waals surface area contributed by atoms with Gasteiger partial charge in [-0.3, -0.25) is 9.79 Å². The van der Waals surface area contributed by atoms with Crippen LogP contribution in [0.4, 0.5) is 0 Å². The third-order valence-electron chi connectivity index (χ3n) is 3.32. The molecule has 0 spiro atoms. The van der Waals surface area contributed by atoms with Crippen LogP contribution in [-0.4, -0.2) is 38.0 Å². The van der Waals surface area contributed by atoms with Gasteiger partial charge in [0, 0.05) is 31.7 Å². The first-order valence-electron chi connectivity index (χ1n) is 8.39. The van der Waals surface area contributed by atoms with Crippen LogP contribution in [0.3, 0.4) is 0 Å². The molecule has 1 aromatic rings. The molecule has 7 heteroatoms. The van der Waals surface area contributed by atoms with Crippen molar-refractivity contribution in [1.82, 2.24) is 16.0 Å². The minimum Gasteiger partial charge on any atom is -0.459 e. The van der Waals surface area contributed by atoms with Crippen LogP contribution in [-0.2, 0) is 0 Å². The van der Waals surface area contributed by atoms with Crippen LogP contribution in [0.5, 0.6) is 0 Å². The first-order chi connectivity index (χ1) is 11.0. The van der Waals surface area contributed by atoms with Gasteiger partial charge in [0.15, 0.2) is 11.7 Å². The monoisotopic (exact) mass is 450 g/mol. The maximum absolute atomic E-state index is 11.9. The van der Waals surface area contributed by atoms with Crippen molar-refractivity contribution in [1.29, 1.82) is 0 Å². The van der Waals surface area contributed by atoms with Gasteiger partial charge in [-0.15, -0.1) is 24.0 Å². The summed E-state index contributed by atoms with van der Waals surface area (Å²) in [7, 11) is 0. The van der Waals surface area contributed by atoms with E-state index in [1.165, 1.54) is 6.26 Å². The summed E-state index contributed by atoms with van der Waals surface area (Å²) in [5.41, 5.74) is 0.851. The second kappa shape index (κ2) is 13.1. The maximum atomic E-state index is 11.9. The number of amides is 1. The fraction of sp³-hybridized carbons (Fsp3) is 0.647. The van der Waals surface area contributed by atoms with E-state index in [1.54, 1.807) is 6.07 Å². The highest BCUT2D eigenvalue weighted by Gasteiger charge is 2.11. The van der Waals surface area contributed by atoms with Gasteiger partial charge in [-0.25, -0.2) is 0 Å². The molecule has 0 aliphatic heterocycles. The van der Waals surface area contributed by atoms with Gasteiger partial charge in [0.05, 0.1) is 6.26 Å². The molecule has 0 aliphatic rings. The molecule has 1 heterocycles. The highest BCUT2D eigenvalue weighted by atomic mass is 127. The number of aryl methyl sites for hydroxylation is 1. The molecular formula is C17H31IN4O2. The SMILES string of the molecule is CCNC(=NCCCNC(=O)c1occc1C)NCCC(C)C.I. The molecule has 138 valence electrons. The van der Waals surface area contributed by atoms with Gasteiger partial charge in [-0.2, -0.15) is 0 Å². The number of guanidine groups is 1. The molecule has 0 atom stereocenters. The average molecular weight is 450 g/mol. The Bertz CT molecular complexity index is 501. The number of aliphatic imine (C=N–C) groups is 1. The van der Waals surface area contributed by atoms with Gasteiger partial charge in [0.2, 0.25) is 0 Å². The summed E-state index contributed by atoms with van der Waals surface area (Å²) in [4.78, 5) is 16.4. The number of hydrogen-bond donors (Lipinski definition) is 3. The number of halogens is 1. The van der Waals surface area contributed by atoms with E-state index in [1.807, 2.05) is 13.8 Å². The molecule has 1 aromatic heterocycles. The van der Waals surface area contributed by atoms with Crippen molar-refractivity contribution < 1.29 is 9.21 Å². The van der Waals surface area contributed by atoms with Crippen molar-refractivity contribution >= 4 is 35.8 Å². The van der Waals surface area contributed by atoms with Crippen molar-refractivity contribution in [2.75, 3.05) is 26.2 Å². The summed E-state index contributed by atoms with van der Waals surface area (Å²) >= 11 is 0. The lowest BCUT2D eigenvalue weighted by Crippen LogP contribution is -2.38. The average Bonchev–Trinajstić information content (AvgIpc) is 2.92. The normalized spacial score (nSPS) is 11.1. The van der Waals surface area contributed by atoms with Crippen LogP contribution in [0.25, 0.3) is 0 Å². The number of furan rings is 1. The zero-order valence-corrected chi connectivity index (χ0v) is 17.5. The fourth-order valence-electron chi connectivity index (χ4n) is 1.98. The largest absolute Gasteiger partial charge is 0.459 e. The molecule has 0 aromatic carbocycles. The highest BCUT2D eigenvalue weighted by Crippen LogP contribution is 2.07. The second-order valence-corrected chi connectivity index (χ2v) is 5.91. The smallest absolute Gasteiger partial charge is 0.287 e. The van der Waals surface area contributed by atoms with Gasteiger partial charge >= 0.3 is 0 Å². The van der Waals surface area contributed by atoms with Crippen LogP contribution in [0, 0.1) is 12.8 Å². The van der Waals surface area contributed by atoms with Crippen LogP contribution in [0.2, 0.25) is 0 Å². The molecular weight excluding hydrogens is 419 g/mol. The molecule has 1 amide bonds. The summed E-state index contributed by atoms with van der Waals surface area (Å²) in [5.74, 6) is 1.72. The topological polar surface area (TPSA) is 78.7 Å².